The van der Waals surface area contributed by atoms with Crippen LogP contribution in [0.1, 0.15) is 38.8 Å². The largest absolute Gasteiger partial charge is 0.492 e. The smallest absolute Gasteiger partial charge is 0.244 e. The Hall–Kier alpha value is -3.07. The van der Waals surface area contributed by atoms with E-state index in [0.717, 1.165) is 21.7 Å². The van der Waals surface area contributed by atoms with E-state index in [-0.39, 0.29) is 24.1 Å². The molecule has 0 saturated carbocycles. The number of hydrogen-bond acceptors (Lipinski definition) is 5. The van der Waals surface area contributed by atoms with E-state index >= 15 is 0 Å². The van der Waals surface area contributed by atoms with Gasteiger partial charge in [-0.3, -0.25) is 13.9 Å². The molecule has 0 bridgehead atoms. The van der Waals surface area contributed by atoms with Gasteiger partial charge in [0, 0.05) is 13.1 Å². The summed E-state index contributed by atoms with van der Waals surface area (Å²) in [6.45, 7) is 9.90. The van der Waals surface area contributed by atoms with Gasteiger partial charge in [0.2, 0.25) is 21.8 Å². The first-order valence-electron chi connectivity index (χ1n) is 11.8. The number of carbonyl (C=O) groups excluding carboxylic acids is 2. The van der Waals surface area contributed by atoms with Crippen molar-refractivity contribution >= 4 is 27.5 Å². The number of rotatable bonds is 12. The number of nitrogens with one attached hydrogen (secondary N) is 1. The quantitative estimate of drug-likeness (QED) is 0.479. The van der Waals surface area contributed by atoms with Gasteiger partial charge in [-0.1, -0.05) is 55.8 Å². The third kappa shape index (κ3) is 8.28. The van der Waals surface area contributed by atoms with Crippen molar-refractivity contribution in [2.75, 3.05) is 30.3 Å². The van der Waals surface area contributed by atoms with Gasteiger partial charge in [0.1, 0.15) is 18.3 Å². The molecule has 0 saturated heterocycles. The molecule has 35 heavy (non-hydrogen) atoms. The highest BCUT2D eigenvalue weighted by atomic mass is 32.2. The van der Waals surface area contributed by atoms with Gasteiger partial charge in [-0.05, 0) is 44.4 Å². The van der Waals surface area contributed by atoms with Crippen LogP contribution in [0.3, 0.4) is 0 Å². The second kappa shape index (κ2) is 12.6. The van der Waals surface area contributed by atoms with Gasteiger partial charge >= 0.3 is 0 Å². The van der Waals surface area contributed by atoms with Gasteiger partial charge in [0.15, 0.2) is 0 Å². The van der Waals surface area contributed by atoms with Crippen molar-refractivity contribution in [3.05, 3.63) is 59.7 Å². The van der Waals surface area contributed by atoms with E-state index in [1.807, 2.05) is 45.0 Å². The maximum Gasteiger partial charge on any atom is 0.244 e. The molecular formula is C26H37N3O5S. The van der Waals surface area contributed by atoms with Crippen LogP contribution in [-0.4, -0.2) is 57.1 Å². The van der Waals surface area contributed by atoms with Crippen LogP contribution >= 0.6 is 0 Å². The summed E-state index contributed by atoms with van der Waals surface area (Å²) in [4.78, 5) is 27.9. The van der Waals surface area contributed by atoms with Crippen LogP contribution < -0.4 is 14.4 Å². The normalized spacial score (nSPS) is 12.2. The molecule has 1 atom stereocenters. The predicted molar refractivity (Wildman–Crippen MR) is 139 cm³/mol. The van der Waals surface area contributed by atoms with Crippen LogP contribution in [0, 0.1) is 12.8 Å². The zero-order valence-electron chi connectivity index (χ0n) is 21.4. The molecule has 2 rings (SSSR count). The molecule has 2 amide bonds. The van der Waals surface area contributed by atoms with Crippen molar-refractivity contribution in [3.8, 4) is 5.75 Å². The number of sulfonamides is 1. The van der Waals surface area contributed by atoms with Gasteiger partial charge in [0.25, 0.3) is 0 Å². The molecule has 0 aliphatic carbocycles. The minimum atomic E-state index is -3.83. The van der Waals surface area contributed by atoms with Crippen molar-refractivity contribution in [1.82, 2.24) is 10.2 Å². The molecule has 0 spiro atoms. The third-order valence-electron chi connectivity index (χ3n) is 5.40. The minimum Gasteiger partial charge on any atom is -0.492 e. The van der Waals surface area contributed by atoms with Gasteiger partial charge in [-0.25, -0.2) is 8.42 Å². The Morgan fingerprint density at radius 1 is 1.06 bits per heavy atom. The number of carbonyl (C=O) groups is 2. The highest BCUT2D eigenvalue weighted by molar-refractivity contribution is 7.92. The Bertz CT molecular complexity index is 1120. The Morgan fingerprint density at radius 3 is 2.34 bits per heavy atom. The lowest BCUT2D eigenvalue weighted by molar-refractivity contribution is -0.139. The van der Waals surface area contributed by atoms with Crippen molar-refractivity contribution in [1.29, 1.82) is 0 Å². The summed E-state index contributed by atoms with van der Waals surface area (Å²) in [6, 6.07) is 13.5. The fraction of sp³-hybridized carbons (Fsp3) is 0.462. The van der Waals surface area contributed by atoms with E-state index < -0.39 is 28.5 Å². The van der Waals surface area contributed by atoms with Gasteiger partial charge < -0.3 is 15.0 Å². The average Bonchev–Trinajstić information content (AvgIpc) is 2.79. The number of para-hydroxylation sites is 2. The average molecular weight is 504 g/mol. The molecule has 192 valence electrons. The van der Waals surface area contributed by atoms with Gasteiger partial charge in [-0.15, -0.1) is 0 Å². The Kier molecular flexibility index (Phi) is 10.1. The molecule has 2 aromatic rings. The Balaban J connectivity index is 2.41. The van der Waals surface area contributed by atoms with Crippen LogP contribution in [0.5, 0.6) is 5.75 Å². The highest BCUT2D eigenvalue weighted by Gasteiger charge is 2.31. The summed E-state index contributed by atoms with van der Waals surface area (Å²) < 4.78 is 32.1. The zero-order chi connectivity index (χ0) is 26.2. The van der Waals surface area contributed by atoms with E-state index in [4.69, 9.17) is 4.74 Å². The van der Waals surface area contributed by atoms with Crippen LogP contribution in [0.4, 0.5) is 5.69 Å². The first-order valence-corrected chi connectivity index (χ1v) is 13.6. The first kappa shape index (κ1) is 28.2. The summed E-state index contributed by atoms with van der Waals surface area (Å²) in [5, 5.41) is 2.87. The summed E-state index contributed by atoms with van der Waals surface area (Å²) in [6.07, 6.45) is 1.05. The lowest BCUT2D eigenvalue weighted by Crippen LogP contribution is -2.51. The molecule has 1 unspecified atom stereocenters. The molecule has 0 radical (unpaired) electrons. The van der Waals surface area contributed by atoms with E-state index in [9.17, 15) is 18.0 Å². The lowest BCUT2D eigenvalue weighted by Gasteiger charge is -2.32. The molecule has 0 aromatic heterocycles. The molecule has 2 aromatic carbocycles. The maximum atomic E-state index is 13.6. The fourth-order valence-corrected chi connectivity index (χ4v) is 4.43. The van der Waals surface area contributed by atoms with Gasteiger partial charge in [0.05, 0.1) is 18.6 Å². The molecule has 0 heterocycles. The Labute approximate surface area is 209 Å². The maximum absolute atomic E-state index is 13.6. The topological polar surface area (TPSA) is 96.0 Å². The van der Waals surface area contributed by atoms with E-state index in [1.54, 1.807) is 38.1 Å². The number of anilines is 1. The van der Waals surface area contributed by atoms with E-state index in [1.165, 1.54) is 4.90 Å². The number of hydrogen-bond donors (Lipinski definition) is 1. The van der Waals surface area contributed by atoms with E-state index in [2.05, 4.69) is 5.32 Å². The second-order valence-electron chi connectivity index (χ2n) is 9.00. The summed E-state index contributed by atoms with van der Waals surface area (Å²) >= 11 is 0. The molecule has 9 heteroatoms. The van der Waals surface area contributed by atoms with Crippen molar-refractivity contribution in [3.63, 3.8) is 0 Å². The molecule has 1 N–H and O–H groups in total. The number of nitrogens with zero attached hydrogens (tertiary/aromatic N) is 2. The number of benzene rings is 2. The van der Waals surface area contributed by atoms with Crippen molar-refractivity contribution in [2.45, 2.75) is 47.2 Å². The molecule has 0 fully saturated rings. The van der Waals surface area contributed by atoms with Crippen molar-refractivity contribution < 1.29 is 22.7 Å². The van der Waals surface area contributed by atoms with Crippen LogP contribution in [0.15, 0.2) is 48.5 Å². The SMILES string of the molecule is CCOc1ccccc1N(CC(=O)N(Cc1cccc(C)c1)C(C)C(=O)NCC(C)C)S(C)(=O)=O. The predicted octanol–water partition coefficient (Wildman–Crippen LogP) is 3.35. The van der Waals surface area contributed by atoms with Crippen LogP contribution in [0.25, 0.3) is 0 Å². The zero-order valence-corrected chi connectivity index (χ0v) is 22.3. The standard InChI is InChI=1S/C26H37N3O5S/c1-7-34-24-14-9-8-13-23(24)29(35(6,32)33)18-25(30)28(17-22-12-10-11-20(4)15-22)21(5)26(31)27-16-19(2)3/h8-15,19,21H,7,16-18H2,1-6H3,(H,27,31). The van der Waals surface area contributed by atoms with Gasteiger partial charge in [-0.2, -0.15) is 0 Å². The number of amides is 2. The highest BCUT2D eigenvalue weighted by Crippen LogP contribution is 2.30. The number of aryl methyl sites for hydroxylation is 1. The second-order valence-corrected chi connectivity index (χ2v) is 10.9. The molecular weight excluding hydrogens is 466 g/mol. The lowest BCUT2D eigenvalue weighted by atomic mass is 10.1. The summed E-state index contributed by atoms with van der Waals surface area (Å²) in [5.74, 6) is -0.167. The minimum absolute atomic E-state index is 0.168. The monoisotopic (exact) mass is 503 g/mol. The Morgan fingerprint density at radius 2 is 1.74 bits per heavy atom. The van der Waals surface area contributed by atoms with Crippen molar-refractivity contribution in [2.24, 2.45) is 5.92 Å². The molecule has 8 nitrogen and oxygen atoms in total. The summed E-state index contributed by atoms with van der Waals surface area (Å²) in [7, 11) is -3.83. The fourth-order valence-electron chi connectivity index (χ4n) is 3.58. The first-order chi connectivity index (χ1) is 16.4. The number of ether oxygens (including phenoxy) is 1. The molecule has 0 aliphatic rings. The van der Waals surface area contributed by atoms with Crippen LogP contribution in [0.2, 0.25) is 0 Å². The van der Waals surface area contributed by atoms with Crippen LogP contribution in [-0.2, 0) is 26.2 Å². The molecule has 0 aliphatic heterocycles. The van der Waals surface area contributed by atoms with E-state index in [0.29, 0.717) is 18.9 Å². The third-order valence-corrected chi connectivity index (χ3v) is 6.53. The summed E-state index contributed by atoms with van der Waals surface area (Å²) in [5.41, 5.74) is 2.15.